The summed E-state index contributed by atoms with van der Waals surface area (Å²) in [5.41, 5.74) is 0. The zero-order valence-corrected chi connectivity index (χ0v) is 38.5. The zero-order valence-electron chi connectivity index (χ0n) is 38.5. The van der Waals surface area contributed by atoms with E-state index in [0.29, 0.717) is 19.3 Å². The fourth-order valence-electron chi connectivity index (χ4n) is 6.58. The number of unbranched alkanes of at least 4 members (excludes halogenated alkanes) is 20. The van der Waals surface area contributed by atoms with E-state index in [1.54, 1.807) is 0 Å². The second kappa shape index (κ2) is 47.5. The standard InChI is InChI=1S/C53H90O6/c1-4-7-10-13-16-19-22-24-25-26-27-28-29-30-32-34-37-40-43-46-52(55)58-49-50(48-57-51(54)45-42-39-36-33-21-18-15-12-9-6-3)59-53(56)47-44-41-38-35-31-23-20-17-14-11-8-5-2/h7,10,16,19,24-25,27-28,30,32,37,40,50H,4-6,8-9,11-15,17-18,20-23,26,29,31,33-36,38-39,41-49H2,1-3H3/b10-7-,19-16-,25-24-,28-27-,32-30-,40-37-/t50-/m1/s1. The Labute approximate surface area is 363 Å². The largest absolute Gasteiger partial charge is 0.462 e. The Morgan fingerprint density at radius 1 is 0.356 bits per heavy atom. The van der Waals surface area contributed by atoms with Crippen LogP contribution in [0, 0.1) is 0 Å². The van der Waals surface area contributed by atoms with Crippen molar-refractivity contribution in [3.63, 3.8) is 0 Å². The molecule has 0 fully saturated rings. The molecule has 0 spiro atoms. The maximum Gasteiger partial charge on any atom is 0.306 e. The molecule has 0 aliphatic rings. The molecular formula is C53H90O6. The number of carbonyl (C=O) groups is 3. The van der Waals surface area contributed by atoms with Gasteiger partial charge in [0.1, 0.15) is 13.2 Å². The first-order chi connectivity index (χ1) is 29.0. The number of esters is 3. The summed E-state index contributed by atoms with van der Waals surface area (Å²) < 4.78 is 16.7. The molecule has 0 unspecified atom stereocenters. The lowest BCUT2D eigenvalue weighted by atomic mass is 10.0. The molecule has 0 heterocycles. The van der Waals surface area contributed by atoms with Crippen LogP contribution in [-0.4, -0.2) is 37.2 Å². The van der Waals surface area contributed by atoms with Gasteiger partial charge in [0.2, 0.25) is 0 Å². The van der Waals surface area contributed by atoms with Gasteiger partial charge in [-0.1, -0.05) is 222 Å². The van der Waals surface area contributed by atoms with Crippen molar-refractivity contribution >= 4 is 17.9 Å². The van der Waals surface area contributed by atoms with E-state index in [1.165, 1.54) is 103 Å². The monoisotopic (exact) mass is 823 g/mol. The van der Waals surface area contributed by atoms with Crippen molar-refractivity contribution in [1.29, 1.82) is 0 Å². The molecule has 1 atom stereocenters. The third-order valence-corrected chi connectivity index (χ3v) is 10.2. The summed E-state index contributed by atoms with van der Waals surface area (Å²) >= 11 is 0. The third-order valence-electron chi connectivity index (χ3n) is 10.2. The van der Waals surface area contributed by atoms with Crippen LogP contribution in [0.15, 0.2) is 72.9 Å². The second-order valence-electron chi connectivity index (χ2n) is 16.0. The van der Waals surface area contributed by atoms with E-state index in [-0.39, 0.29) is 37.5 Å². The van der Waals surface area contributed by atoms with Crippen molar-refractivity contribution in [2.45, 2.75) is 232 Å². The summed E-state index contributed by atoms with van der Waals surface area (Å²) in [5.74, 6) is -0.986. The molecule has 0 aliphatic heterocycles. The molecule has 0 saturated heterocycles. The number of ether oxygens (including phenoxy) is 3. The number of hydrogen-bond acceptors (Lipinski definition) is 6. The van der Waals surface area contributed by atoms with E-state index in [1.807, 2.05) is 6.08 Å². The van der Waals surface area contributed by atoms with Gasteiger partial charge in [-0.15, -0.1) is 0 Å². The second-order valence-corrected chi connectivity index (χ2v) is 16.0. The first kappa shape index (κ1) is 55.9. The predicted octanol–water partition coefficient (Wildman–Crippen LogP) is 15.9. The molecule has 0 radical (unpaired) electrons. The van der Waals surface area contributed by atoms with Crippen LogP contribution in [0.4, 0.5) is 0 Å². The molecule has 0 saturated carbocycles. The number of allylic oxidation sites excluding steroid dienone is 12. The van der Waals surface area contributed by atoms with Crippen molar-refractivity contribution in [2.75, 3.05) is 13.2 Å². The van der Waals surface area contributed by atoms with E-state index >= 15 is 0 Å². The van der Waals surface area contributed by atoms with Gasteiger partial charge in [0.05, 0.1) is 0 Å². The highest BCUT2D eigenvalue weighted by Gasteiger charge is 2.19. The Morgan fingerprint density at radius 2 is 0.661 bits per heavy atom. The fraction of sp³-hybridized carbons (Fsp3) is 0.717. The van der Waals surface area contributed by atoms with Crippen LogP contribution in [0.5, 0.6) is 0 Å². The fourth-order valence-corrected chi connectivity index (χ4v) is 6.58. The van der Waals surface area contributed by atoms with Crippen molar-refractivity contribution in [3.05, 3.63) is 72.9 Å². The average molecular weight is 823 g/mol. The Bertz CT molecular complexity index is 1130. The molecule has 59 heavy (non-hydrogen) atoms. The van der Waals surface area contributed by atoms with Crippen LogP contribution in [0.25, 0.3) is 0 Å². The molecule has 0 amide bonds. The van der Waals surface area contributed by atoms with E-state index in [0.717, 1.165) is 77.0 Å². The van der Waals surface area contributed by atoms with Gasteiger partial charge in [-0.05, 0) is 57.8 Å². The van der Waals surface area contributed by atoms with E-state index in [9.17, 15) is 14.4 Å². The number of carbonyl (C=O) groups excluding carboxylic acids is 3. The molecule has 0 aromatic heterocycles. The van der Waals surface area contributed by atoms with Crippen LogP contribution in [0.3, 0.4) is 0 Å². The van der Waals surface area contributed by atoms with Gasteiger partial charge in [0.15, 0.2) is 6.10 Å². The number of hydrogen-bond donors (Lipinski definition) is 0. The molecular weight excluding hydrogens is 733 g/mol. The summed E-state index contributed by atoms with van der Waals surface area (Å²) in [5, 5.41) is 0. The van der Waals surface area contributed by atoms with Crippen LogP contribution in [0.1, 0.15) is 226 Å². The summed E-state index contributed by atoms with van der Waals surface area (Å²) in [6, 6.07) is 0. The molecule has 0 rings (SSSR count). The van der Waals surface area contributed by atoms with Crippen LogP contribution < -0.4 is 0 Å². The van der Waals surface area contributed by atoms with Gasteiger partial charge in [0.25, 0.3) is 0 Å². The lowest BCUT2D eigenvalue weighted by Gasteiger charge is -2.18. The molecule has 6 nitrogen and oxygen atoms in total. The van der Waals surface area contributed by atoms with Crippen LogP contribution in [-0.2, 0) is 28.6 Å². The summed E-state index contributed by atoms with van der Waals surface area (Å²) in [4.78, 5) is 37.8. The van der Waals surface area contributed by atoms with E-state index in [2.05, 4.69) is 87.6 Å². The van der Waals surface area contributed by atoms with E-state index < -0.39 is 6.10 Å². The maximum absolute atomic E-state index is 12.7. The molecule has 0 aliphatic carbocycles. The van der Waals surface area contributed by atoms with Gasteiger partial charge < -0.3 is 14.2 Å². The van der Waals surface area contributed by atoms with Crippen LogP contribution in [0.2, 0.25) is 0 Å². The lowest BCUT2D eigenvalue weighted by Crippen LogP contribution is -2.30. The smallest absolute Gasteiger partial charge is 0.306 e. The first-order valence-electron chi connectivity index (χ1n) is 24.4. The molecule has 0 N–H and O–H groups in total. The van der Waals surface area contributed by atoms with Crippen molar-refractivity contribution < 1.29 is 28.6 Å². The molecule has 338 valence electrons. The van der Waals surface area contributed by atoms with Gasteiger partial charge in [-0.2, -0.15) is 0 Å². The molecule has 0 bridgehead atoms. The zero-order chi connectivity index (χ0) is 43.0. The third kappa shape index (κ3) is 45.8. The Morgan fingerprint density at radius 3 is 1.03 bits per heavy atom. The molecule has 0 aromatic rings. The van der Waals surface area contributed by atoms with Crippen molar-refractivity contribution in [3.8, 4) is 0 Å². The minimum Gasteiger partial charge on any atom is -0.462 e. The Balaban J connectivity index is 4.46. The lowest BCUT2D eigenvalue weighted by molar-refractivity contribution is -0.166. The minimum atomic E-state index is -0.800. The maximum atomic E-state index is 12.7. The van der Waals surface area contributed by atoms with Gasteiger partial charge in [0, 0.05) is 19.3 Å². The summed E-state index contributed by atoms with van der Waals surface area (Å²) in [6.45, 7) is 6.44. The summed E-state index contributed by atoms with van der Waals surface area (Å²) in [7, 11) is 0. The molecule has 0 aromatic carbocycles. The van der Waals surface area contributed by atoms with Gasteiger partial charge in [-0.25, -0.2) is 0 Å². The minimum absolute atomic E-state index is 0.0960. The van der Waals surface area contributed by atoms with Gasteiger partial charge in [-0.3, -0.25) is 14.4 Å². The quantitative estimate of drug-likeness (QED) is 0.0264. The highest BCUT2D eigenvalue weighted by Crippen LogP contribution is 2.14. The SMILES string of the molecule is CC/C=C\C/C=C\C/C=C\C/C=C\C/C=C\C/C=C\CCC(=O)OC[C@@H](COC(=O)CCCCCCCCCCCC)OC(=O)CCCCCCCCCCCCCC. The van der Waals surface area contributed by atoms with E-state index in [4.69, 9.17) is 14.2 Å². The predicted molar refractivity (Wildman–Crippen MR) is 251 cm³/mol. The van der Waals surface area contributed by atoms with Crippen molar-refractivity contribution in [1.82, 2.24) is 0 Å². The highest BCUT2D eigenvalue weighted by atomic mass is 16.6. The first-order valence-corrected chi connectivity index (χ1v) is 24.4. The highest BCUT2D eigenvalue weighted by molar-refractivity contribution is 5.71. The summed E-state index contributed by atoms with van der Waals surface area (Å²) in [6.07, 6.45) is 59.0. The molecule has 6 heteroatoms. The van der Waals surface area contributed by atoms with Crippen LogP contribution >= 0.6 is 0 Å². The number of rotatable bonds is 43. The normalized spacial score (nSPS) is 12.7. The topological polar surface area (TPSA) is 78.9 Å². The van der Waals surface area contributed by atoms with Gasteiger partial charge >= 0.3 is 17.9 Å². The average Bonchev–Trinajstić information content (AvgIpc) is 3.23. The van der Waals surface area contributed by atoms with Crippen molar-refractivity contribution in [2.24, 2.45) is 0 Å². The Kier molecular flexibility index (Phi) is 45.0. The Hall–Kier alpha value is -3.15.